The zero-order valence-electron chi connectivity index (χ0n) is 10.1. The van der Waals surface area contributed by atoms with E-state index < -0.39 is 0 Å². The molecular formula is C12H20N2O2. The first-order valence-electron chi connectivity index (χ1n) is 5.69. The van der Waals surface area contributed by atoms with Crippen LogP contribution in [0.4, 0.5) is 0 Å². The molecule has 0 aliphatic rings. The lowest BCUT2D eigenvalue weighted by molar-refractivity contribution is -0.125. The van der Waals surface area contributed by atoms with Gasteiger partial charge in [0.1, 0.15) is 5.76 Å². The Morgan fingerprint density at radius 2 is 2.25 bits per heavy atom. The largest absolute Gasteiger partial charge is 0.467 e. The highest BCUT2D eigenvalue weighted by Crippen LogP contribution is 2.12. The van der Waals surface area contributed by atoms with Crippen molar-refractivity contribution in [1.29, 1.82) is 0 Å². The highest BCUT2D eigenvalue weighted by atomic mass is 16.3. The number of carbonyl (C=O) groups excluding carboxylic acids is 1. The Labute approximate surface area is 96.4 Å². The van der Waals surface area contributed by atoms with Crippen LogP contribution < -0.4 is 10.6 Å². The van der Waals surface area contributed by atoms with E-state index in [9.17, 15) is 4.79 Å². The molecule has 0 aliphatic carbocycles. The average Bonchev–Trinajstić information content (AvgIpc) is 2.79. The average molecular weight is 224 g/mol. The summed E-state index contributed by atoms with van der Waals surface area (Å²) in [5.41, 5.74) is 0. The Morgan fingerprint density at radius 3 is 2.81 bits per heavy atom. The third-order valence-electron chi connectivity index (χ3n) is 2.48. The summed E-state index contributed by atoms with van der Waals surface area (Å²) in [6.07, 6.45) is 1.61. The van der Waals surface area contributed by atoms with Crippen molar-refractivity contribution in [2.75, 3.05) is 13.1 Å². The lowest BCUT2D eigenvalue weighted by Crippen LogP contribution is -2.36. The summed E-state index contributed by atoms with van der Waals surface area (Å²) >= 11 is 0. The van der Waals surface area contributed by atoms with Crippen molar-refractivity contribution in [3.05, 3.63) is 24.2 Å². The molecule has 4 heteroatoms. The normalized spacial score (nSPS) is 14.4. The van der Waals surface area contributed by atoms with Gasteiger partial charge in [0.15, 0.2) is 0 Å². The van der Waals surface area contributed by atoms with Crippen LogP contribution in [0.1, 0.15) is 32.6 Å². The van der Waals surface area contributed by atoms with Crippen molar-refractivity contribution in [2.24, 2.45) is 5.92 Å². The molecular weight excluding hydrogens is 204 g/mol. The highest BCUT2D eigenvalue weighted by Gasteiger charge is 2.16. The fourth-order valence-corrected chi connectivity index (χ4v) is 1.42. The van der Waals surface area contributed by atoms with Crippen LogP contribution in [-0.4, -0.2) is 19.0 Å². The first-order chi connectivity index (χ1) is 7.65. The second-order valence-corrected chi connectivity index (χ2v) is 3.95. The number of nitrogens with one attached hydrogen (secondary N) is 2. The molecule has 0 saturated carbocycles. The Balaban J connectivity index is 2.39. The molecule has 1 heterocycles. The Morgan fingerprint density at radius 1 is 1.50 bits per heavy atom. The van der Waals surface area contributed by atoms with E-state index in [-0.39, 0.29) is 17.9 Å². The third kappa shape index (κ3) is 3.70. The Bertz CT molecular complexity index is 309. The van der Waals surface area contributed by atoms with Gasteiger partial charge in [-0.3, -0.25) is 4.79 Å². The van der Waals surface area contributed by atoms with Crippen LogP contribution in [0, 0.1) is 5.92 Å². The number of furan rings is 1. The van der Waals surface area contributed by atoms with E-state index in [0.717, 1.165) is 12.3 Å². The number of amides is 1. The minimum atomic E-state index is -0.0772. The number of hydrogen-bond acceptors (Lipinski definition) is 3. The van der Waals surface area contributed by atoms with E-state index in [1.165, 1.54) is 0 Å². The number of hydrogen-bond donors (Lipinski definition) is 2. The van der Waals surface area contributed by atoms with Crippen LogP contribution in [0.2, 0.25) is 0 Å². The molecule has 0 aromatic carbocycles. The quantitative estimate of drug-likeness (QED) is 0.773. The van der Waals surface area contributed by atoms with Gasteiger partial charge in [0.2, 0.25) is 5.91 Å². The van der Waals surface area contributed by atoms with Gasteiger partial charge in [-0.2, -0.15) is 0 Å². The maximum absolute atomic E-state index is 11.8. The molecule has 2 atom stereocenters. The molecule has 0 aliphatic heterocycles. The van der Waals surface area contributed by atoms with Crippen molar-refractivity contribution in [1.82, 2.24) is 10.6 Å². The van der Waals surface area contributed by atoms with Gasteiger partial charge >= 0.3 is 0 Å². The summed E-state index contributed by atoms with van der Waals surface area (Å²) in [6.45, 7) is 7.43. The molecule has 90 valence electrons. The highest BCUT2D eigenvalue weighted by molar-refractivity contribution is 5.78. The Hall–Kier alpha value is -1.29. The second kappa shape index (κ2) is 6.33. The molecule has 0 radical (unpaired) electrons. The van der Waals surface area contributed by atoms with E-state index in [1.807, 2.05) is 32.9 Å². The van der Waals surface area contributed by atoms with Crippen LogP contribution >= 0.6 is 0 Å². The van der Waals surface area contributed by atoms with Gasteiger partial charge in [-0.15, -0.1) is 0 Å². The SMILES string of the molecule is CCNCC(C)C(=O)N[C@@H](C)c1ccco1. The van der Waals surface area contributed by atoms with Gasteiger partial charge in [0, 0.05) is 12.5 Å². The first-order valence-corrected chi connectivity index (χ1v) is 5.69. The minimum absolute atomic E-state index is 0.0302. The third-order valence-corrected chi connectivity index (χ3v) is 2.48. The zero-order valence-corrected chi connectivity index (χ0v) is 10.1. The topological polar surface area (TPSA) is 54.3 Å². The van der Waals surface area contributed by atoms with Crippen LogP contribution in [0.3, 0.4) is 0 Å². The number of rotatable bonds is 6. The fraction of sp³-hybridized carbons (Fsp3) is 0.583. The van der Waals surface area contributed by atoms with E-state index in [1.54, 1.807) is 6.26 Å². The molecule has 1 amide bonds. The summed E-state index contributed by atoms with van der Waals surface area (Å²) in [5, 5.41) is 6.07. The lowest BCUT2D eigenvalue weighted by Gasteiger charge is -2.16. The van der Waals surface area contributed by atoms with E-state index in [2.05, 4.69) is 10.6 Å². The summed E-state index contributed by atoms with van der Waals surface area (Å²) < 4.78 is 5.23. The van der Waals surface area contributed by atoms with Crippen LogP contribution in [0.15, 0.2) is 22.8 Å². The maximum atomic E-state index is 11.8. The van der Waals surface area contributed by atoms with Crippen LogP contribution in [-0.2, 0) is 4.79 Å². The summed E-state index contributed by atoms with van der Waals surface area (Å²) in [6, 6.07) is 3.60. The maximum Gasteiger partial charge on any atom is 0.224 e. The summed E-state index contributed by atoms with van der Waals surface area (Å²) in [7, 11) is 0. The molecule has 0 bridgehead atoms. The predicted molar refractivity (Wildman–Crippen MR) is 63.0 cm³/mol. The fourth-order valence-electron chi connectivity index (χ4n) is 1.42. The standard InChI is InChI=1S/C12H20N2O2/c1-4-13-8-9(2)12(15)14-10(3)11-6-5-7-16-11/h5-7,9-10,13H,4,8H2,1-3H3,(H,14,15)/t9?,10-/m0/s1. The van der Waals surface area contributed by atoms with Gasteiger partial charge in [-0.25, -0.2) is 0 Å². The van der Waals surface area contributed by atoms with E-state index in [4.69, 9.17) is 4.42 Å². The molecule has 4 nitrogen and oxygen atoms in total. The van der Waals surface area contributed by atoms with Crippen molar-refractivity contribution >= 4 is 5.91 Å². The van der Waals surface area contributed by atoms with Gasteiger partial charge in [-0.1, -0.05) is 13.8 Å². The smallest absolute Gasteiger partial charge is 0.224 e. The van der Waals surface area contributed by atoms with Crippen molar-refractivity contribution in [3.63, 3.8) is 0 Å². The molecule has 0 fully saturated rings. The number of carbonyl (C=O) groups is 1. The van der Waals surface area contributed by atoms with Crippen molar-refractivity contribution < 1.29 is 9.21 Å². The first kappa shape index (κ1) is 12.8. The van der Waals surface area contributed by atoms with Gasteiger partial charge in [0.05, 0.1) is 12.3 Å². The molecule has 0 spiro atoms. The Kier molecular flexibility index (Phi) is 5.05. The van der Waals surface area contributed by atoms with Gasteiger partial charge in [0.25, 0.3) is 0 Å². The van der Waals surface area contributed by atoms with Crippen LogP contribution in [0.5, 0.6) is 0 Å². The van der Waals surface area contributed by atoms with E-state index >= 15 is 0 Å². The molecule has 0 saturated heterocycles. The molecule has 2 N–H and O–H groups in total. The minimum Gasteiger partial charge on any atom is -0.467 e. The van der Waals surface area contributed by atoms with Gasteiger partial charge in [-0.05, 0) is 25.6 Å². The van der Waals surface area contributed by atoms with Crippen molar-refractivity contribution in [3.8, 4) is 0 Å². The van der Waals surface area contributed by atoms with Crippen molar-refractivity contribution in [2.45, 2.75) is 26.8 Å². The molecule has 1 unspecified atom stereocenters. The lowest BCUT2D eigenvalue weighted by atomic mass is 10.1. The molecule has 1 aromatic heterocycles. The molecule has 1 rings (SSSR count). The molecule has 1 aromatic rings. The summed E-state index contributed by atoms with van der Waals surface area (Å²) in [5.74, 6) is 0.797. The monoisotopic (exact) mass is 224 g/mol. The van der Waals surface area contributed by atoms with E-state index in [0.29, 0.717) is 6.54 Å². The summed E-state index contributed by atoms with van der Waals surface area (Å²) in [4.78, 5) is 11.8. The second-order valence-electron chi connectivity index (χ2n) is 3.95. The zero-order chi connectivity index (χ0) is 12.0. The van der Waals surface area contributed by atoms with Gasteiger partial charge < -0.3 is 15.1 Å². The predicted octanol–water partition coefficient (Wildman–Crippen LogP) is 1.70. The molecule has 16 heavy (non-hydrogen) atoms. The van der Waals surface area contributed by atoms with Crippen LogP contribution in [0.25, 0.3) is 0 Å².